The fraction of sp³-hybridized carbons (Fsp3) is 0.0417. The van der Waals surface area contributed by atoms with E-state index in [2.05, 4.69) is 9.98 Å². The van der Waals surface area contributed by atoms with Gasteiger partial charge in [0.1, 0.15) is 17.1 Å². The number of hydrogen-bond acceptors (Lipinski definition) is 6. The second kappa shape index (κ2) is 9.15. The lowest BCUT2D eigenvalue weighted by molar-refractivity contribution is 0.0731. The van der Waals surface area contributed by atoms with Crippen LogP contribution in [0, 0.1) is 0 Å². The maximum atomic E-state index is 12.4. The smallest absolute Gasteiger partial charge is 0.347 e. The van der Waals surface area contributed by atoms with Crippen LogP contribution in [0.3, 0.4) is 0 Å². The molecule has 0 amide bonds. The van der Waals surface area contributed by atoms with Crippen LogP contribution in [0.1, 0.15) is 15.9 Å². The van der Waals surface area contributed by atoms with Crippen molar-refractivity contribution in [3.8, 4) is 22.8 Å². The molecule has 1 heterocycles. The topological polar surface area (TPSA) is 60.8 Å². The number of esters is 1. The van der Waals surface area contributed by atoms with Crippen molar-refractivity contribution in [1.29, 1.82) is 0 Å². The van der Waals surface area contributed by atoms with Gasteiger partial charge in [-0.2, -0.15) is 0 Å². The number of benzene rings is 3. The van der Waals surface area contributed by atoms with Gasteiger partial charge in [0.25, 0.3) is 0 Å². The summed E-state index contributed by atoms with van der Waals surface area (Å²) in [6.07, 6.45) is 1.74. The quantitative estimate of drug-likeness (QED) is 0.228. The van der Waals surface area contributed by atoms with Gasteiger partial charge in [0.15, 0.2) is 0 Å². The first-order chi connectivity index (χ1) is 14.7. The zero-order valence-electron chi connectivity index (χ0n) is 16.2. The highest BCUT2D eigenvalue weighted by atomic mass is 32.1. The third kappa shape index (κ3) is 4.61. The van der Waals surface area contributed by atoms with E-state index in [4.69, 9.17) is 9.47 Å². The summed E-state index contributed by atoms with van der Waals surface area (Å²) in [5.74, 6) is 0.457. The summed E-state index contributed by atoms with van der Waals surface area (Å²) in [4.78, 5) is 21.4. The molecule has 148 valence electrons. The molecule has 3 aromatic carbocycles. The zero-order valence-corrected chi connectivity index (χ0v) is 17.0. The molecule has 6 heteroatoms. The molecule has 0 spiro atoms. The summed E-state index contributed by atoms with van der Waals surface area (Å²) in [7, 11) is 1.52. The molecule has 1 aromatic heterocycles. The number of methoxy groups -OCH3 is 1. The Morgan fingerprint density at radius 2 is 1.70 bits per heavy atom. The van der Waals surface area contributed by atoms with E-state index < -0.39 is 5.97 Å². The monoisotopic (exact) mass is 414 g/mol. The first-order valence-corrected chi connectivity index (χ1v) is 10.1. The van der Waals surface area contributed by atoms with Gasteiger partial charge in [0, 0.05) is 17.2 Å². The Labute approximate surface area is 178 Å². The average molecular weight is 414 g/mol. The number of carbonyl (C=O) groups is 1. The normalized spacial score (nSPS) is 10.8. The molecule has 0 aliphatic heterocycles. The highest BCUT2D eigenvalue weighted by Gasteiger charge is 2.13. The first kappa shape index (κ1) is 19.5. The Hall–Kier alpha value is -3.77. The van der Waals surface area contributed by atoms with E-state index in [1.54, 1.807) is 42.6 Å². The molecule has 4 rings (SSSR count). The van der Waals surface area contributed by atoms with Crippen molar-refractivity contribution in [2.45, 2.75) is 0 Å². The van der Waals surface area contributed by atoms with E-state index in [-0.39, 0.29) is 0 Å². The molecule has 0 fully saturated rings. The molecule has 0 bridgehead atoms. The lowest BCUT2D eigenvalue weighted by atomic mass is 10.2. The minimum Gasteiger partial charge on any atom is -0.496 e. The van der Waals surface area contributed by atoms with Gasteiger partial charge >= 0.3 is 5.97 Å². The second-order valence-corrected chi connectivity index (χ2v) is 7.13. The van der Waals surface area contributed by atoms with Gasteiger partial charge in [-0.1, -0.05) is 42.5 Å². The highest BCUT2D eigenvalue weighted by molar-refractivity contribution is 7.13. The fourth-order valence-electron chi connectivity index (χ4n) is 2.79. The molecule has 0 saturated heterocycles. The van der Waals surface area contributed by atoms with Gasteiger partial charge in [-0.05, 0) is 42.0 Å². The van der Waals surface area contributed by atoms with Gasteiger partial charge in [-0.3, -0.25) is 0 Å². The summed E-state index contributed by atoms with van der Waals surface area (Å²) in [6, 6.07) is 24.1. The lowest BCUT2D eigenvalue weighted by Crippen LogP contribution is -2.10. The van der Waals surface area contributed by atoms with E-state index in [1.165, 1.54) is 18.4 Å². The van der Waals surface area contributed by atoms with Crippen molar-refractivity contribution in [2.75, 3.05) is 7.11 Å². The minimum absolute atomic E-state index is 0.378. The van der Waals surface area contributed by atoms with Crippen LogP contribution in [0.2, 0.25) is 0 Å². The molecule has 30 heavy (non-hydrogen) atoms. The molecule has 0 N–H and O–H groups in total. The Kier molecular flexibility index (Phi) is 5.96. The zero-order chi connectivity index (χ0) is 20.8. The predicted octanol–water partition coefficient (Wildman–Crippen LogP) is 5.79. The number of nitrogens with zero attached hydrogens (tertiary/aromatic N) is 2. The number of rotatable bonds is 6. The number of thiazole rings is 1. The van der Waals surface area contributed by atoms with Crippen LogP contribution in [0.5, 0.6) is 11.5 Å². The van der Waals surface area contributed by atoms with Crippen LogP contribution in [0.15, 0.2) is 89.2 Å². The summed E-state index contributed by atoms with van der Waals surface area (Å²) in [5.41, 5.74) is 3.23. The van der Waals surface area contributed by atoms with E-state index in [1.807, 2.05) is 47.8 Å². The molecular formula is C24H18N2O3S. The third-order valence-electron chi connectivity index (χ3n) is 4.30. The molecule has 0 atom stereocenters. The minimum atomic E-state index is -0.468. The summed E-state index contributed by atoms with van der Waals surface area (Å²) in [6.45, 7) is 0. The van der Waals surface area contributed by atoms with Crippen LogP contribution >= 0.6 is 11.3 Å². The van der Waals surface area contributed by atoms with Gasteiger partial charge in [-0.25, -0.2) is 14.8 Å². The predicted molar refractivity (Wildman–Crippen MR) is 119 cm³/mol. The lowest BCUT2D eigenvalue weighted by Gasteiger charge is -2.08. The van der Waals surface area contributed by atoms with Gasteiger partial charge in [0.2, 0.25) is 5.13 Å². The Morgan fingerprint density at radius 1 is 0.967 bits per heavy atom. The van der Waals surface area contributed by atoms with Crippen molar-refractivity contribution < 1.29 is 14.3 Å². The molecule has 4 aromatic rings. The number of aliphatic imine (C=N–C) groups is 1. The van der Waals surface area contributed by atoms with Crippen LogP contribution in [-0.2, 0) is 0 Å². The fourth-order valence-corrected chi connectivity index (χ4v) is 3.46. The molecular weight excluding hydrogens is 396 g/mol. The standard InChI is InChI=1S/C24H18N2O3S/c1-28-22-10-6-5-9-20(22)23(27)29-19-13-11-17(12-14-19)15-25-24-26-21(16-30-24)18-7-3-2-4-8-18/h2-16H,1H3. The third-order valence-corrected chi connectivity index (χ3v) is 5.05. The average Bonchev–Trinajstić information content (AvgIpc) is 3.28. The number of carbonyl (C=O) groups excluding carboxylic acids is 1. The van der Waals surface area contributed by atoms with Gasteiger partial charge in [-0.15, -0.1) is 11.3 Å². The Bertz CT molecular complexity index is 1170. The largest absolute Gasteiger partial charge is 0.496 e. The summed E-state index contributed by atoms with van der Waals surface area (Å²) >= 11 is 1.49. The van der Waals surface area contributed by atoms with Crippen molar-refractivity contribution in [3.63, 3.8) is 0 Å². The molecule has 0 saturated carbocycles. The molecule has 0 aliphatic rings. The van der Waals surface area contributed by atoms with Crippen LogP contribution in [0.4, 0.5) is 5.13 Å². The second-order valence-electron chi connectivity index (χ2n) is 6.30. The van der Waals surface area contributed by atoms with Crippen molar-refractivity contribution in [2.24, 2.45) is 4.99 Å². The number of hydrogen-bond donors (Lipinski definition) is 0. The molecule has 0 radical (unpaired) electrons. The SMILES string of the molecule is COc1ccccc1C(=O)Oc1ccc(C=Nc2nc(-c3ccccc3)cs2)cc1. The number of aromatic nitrogens is 1. The van der Waals surface area contributed by atoms with Crippen molar-refractivity contribution in [3.05, 3.63) is 95.4 Å². The van der Waals surface area contributed by atoms with E-state index >= 15 is 0 Å². The molecule has 5 nitrogen and oxygen atoms in total. The van der Waals surface area contributed by atoms with Crippen molar-refractivity contribution >= 4 is 28.7 Å². The molecule has 0 unspecified atom stereocenters. The number of para-hydroxylation sites is 1. The summed E-state index contributed by atoms with van der Waals surface area (Å²) in [5, 5.41) is 2.67. The van der Waals surface area contributed by atoms with Gasteiger partial charge < -0.3 is 9.47 Å². The van der Waals surface area contributed by atoms with Gasteiger partial charge in [0.05, 0.1) is 12.8 Å². The summed E-state index contributed by atoms with van der Waals surface area (Å²) < 4.78 is 10.6. The Balaban J connectivity index is 1.41. The van der Waals surface area contributed by atoms with E-state index in [0.29, 0.717) is 22.2 Å². The maximum absolute atomic E-state index is 12.4. The van der Waals surface area contributed by atoms with Crippen LogP contribution in [-0.4, -0.2) is 24.3 Å². The van der Waals surface area contributed by atoms with Crippen LogP contribution < -0.4 is 9.47 Å². The number of ether oxygens (including phenoxy) is 2. The Morgan fingerprint density at radius 3 is 2.47 bits per heavy atom. The van der Waals surface area contributed by atoms with E-state index in [9.17, 15) is 4.79 Å². The first-order valence-electron chi connectivity index (χ1n) is 9.23. The van der Waals surface area contributed by atoms with Crippen molar-refractivity contribution in [1.82, 2.24) is 4.98 Å². The van der Waals surface area contributed by atoms with Crippen LogP contribution in [0.25, 0.3) is 11.3 Å². The van der Waals surface area contributed by atoms with E-state index in [0.717, 1.165) is 16.8 Å². The maximum Gasteiger partial charge on any atom is 0.347 e. The highest BCUT2D eigenvalue weighted by Crippen LogP contribution is 2.26. The molecule has 0 aliphatic carbocycles.